The van der Waals surface area contributed by atoms with Gasteiger partial charge in [-0.15, -0.1) is 0 Å². The molecule has 0 aromatic heterocycles. The highest BCUT2D eigenvalue weighted by Gasteiger charge is 2.24. The van der Waals surface area contributed by atoms with E-state index in [0.29, 0.717) is 28.5 Å². The average Bonchev–Trinajstić information content (AvgIpc) is 2.19. The number of rotatable bonds is 3. The summed E-state index contributed by atoms with van der Waals surface area (Å²) in [6.45, 7) is 1.53. The minimum Gasteiger partial charge on any atom is -0.444 e. The number of aliphatic hydroxyl groups is 1. The molecule has 4 nitrogen and oxygen atoms in total. The Morgan fingerprint density at radius 1 is 1.56 bits per heavy atom. The molecule has 1 amide bonds. The second-order valence-corrected chi connectivity index (χ2v) is 4.48. The van der Waals surface area contributed by atoms with Crippen LogP contribution in [0.25, 0.3) is 0 Å². The topological polar surface area (TPSA) is 72.5 Å². The zero-order chi connectivity index (χ0) is 12.3. The Bertz CT molecular complexity index is 352. The zero-order valence-corrected chi connectivity index (χ0v) is 10.3. The van der Waals surface area contributed by atoms with Gasteiger partial charge in [0.25, 0.3) is 0 Å². The first-order valence-electron chi connectivity index (χ1n) is 4.80. The molecule has 90 valence electrons. The molecule has 1 aliphatic rings. The van der Waals surface area contributed by atoms with Crippen molar-refractivity contribution in [2.24, 2.45) is 5.73 Å². The first kappa shape index (κ1) is 13.4. The van der Waals surface area contributed by atoms with Crippen molar-refractivity contribution < 1.29 is 14.6 Å². The molecule has 2 atom stereocenters. The first-order chi connectivity index (χ1) is 7.41. The molecule has 0 spiro atoms. The highest BCUT2D eigenvalue weighted by molar-refractivity contribution is 6.32. The van der Waals surface area contributed by atoms with Crippen molar-refractivity contribution in [2.75, 3.05) is 0 Å². The van der Waals surface area contributed by atoms with Crippen molar-refractivity contribution in [3.63, 3.8) is 0 Å². The molecule has 0 heterocycles. The summed E-state index contributed by atoms with van der Waals surface area (Å²) in [6.07, 6.45) is 0.107. The number of carbonyl (C=O) groups is 1. The summed E-state index contributed by atoms with van der Waals surface area (Å²) in [5, 5.41) is 11.0. The number of aliphatic hydroxyl groups excluding tert-OH is 1. The van der Waals surface area contributed by atoms with Gasteiger partial charge in [0.1, 0.15) is 12.2 Å². The van der Waals surface area contributed by atoms with Gasteiger partial charge in [-0.05, 0) is 31.4 Å². The SMILES string of the molecule is C[C@H](OC(N)=O)[C@@H](O)C1=C(Cl)CCC(Cl)=C1. The van der Waals surface area contributed by atoms with Gasteiger partial charge in [-0.3, -0.25) is 0 Å². The Kier molecular flexibility index (Phi) is 4.65. The van der Waals surface area contributed by atoms with E-state index in [0.717, 1.165) is 0 Å². The van der Waals surface area contributed by atoms with Gasteiger partial charge < -0.3 is 15.6 Å². The maximum Gasteiger partial charge on any atom is 0.404 e. The van der Waals surface area contributed by atoms with Crippen LogP contribution in [-0.4, -0.2) is 23.4 Å². The van der Waals surface area contributed by atoms with Crippen molar-refractivity contribution in [2.45, 2.75) is 32.0 Å². The van der Waals surface area contributed by atoms with Crippen LogP contribution in [-0.2, 0) is 4.74 Å². The fourth-order valence-corrected chi connectivity index (χ4v) is 1.91. The predicted molar refractivity (Wildman–Crippen MR) is 62.2 cm³/mol. The molecule has 0 aromatic rings. The normalized spacial score (nSPS) is 20.1. The second-order valence-electron chi connectivity index (χ2n) is 3.54. The second kappa shape index (κ2) is 5.57. The van der Waals surface area contributed by atoms with E-state index in [4.69, 9.17) is 28.9 Å². The van der Waals surface area contributed by atoms with Crippen LogP contribution in [0.3, 0.4) is 0 Å². The van der Waals surface area contributed by atoms with E-state index in [9.17, 15) is 9.90 Å². The number of allylic oxidation sites excluding steroid dienone is 2. The van der Waals surface area contributed by atoms with E-state index in [1.165, 1.54) is 6.92 Å². The molecular formula is C10H13Cl2NO3. The van der Waals surface area contributed by atoms with Crippen molar-refractivity contribution in [1.29, 1.82) is 0 Å². The number of hydrogen-bond acceptors (Lipinski definition) is 3. The summed E-state index contributed by atoms with van der Waals surface area (Å²) >= 11 is 11.8. The summed E-state index contributed by atoms with van der Waals surface area (Å²) < 4.78 is 4.67. The summed E-state index contributed by atoms with van der Waals surface area (Å²) in [5.74, 6) is 0. The number of ether oxygens (including phenoxy) is 1. The van der Waals surface area contributed by atoms with Gasteiger partial charge in [-0.2, -0.15) is 0 Å². The number of nitrogens with two attached hydrogens (primary N) is 1. The van der Waals surface area contributed by atoms with Gasteiger partial charge in [-0.25, -0.2) is 4.79 Å². The van der Waals surface area contributed by atoms with E-state index in [1.54, 1.807) is 6.08 Å². The Morgan fingerprint density at radius 2 is 2.19 bits per heavy atom. The maximum absolute atomic E-state index is 10.5. The molecule has 0 radical (unpaired) electrons. The van der Waals surface area contributed by atoms with Crippen LogP contribution in [0.15, 0.2) is 21.7 Å². The third-order valence-electron chi connectivity index (χ3n) is 2.27. The van der Waals surface area contributed by atoms with E-state index in [-0.39, 0.29) is 0 Å². The molecule has 0 saturated heterocycles. The fourth-order valence-electron chi connectivity index (χ4n) is 1.44. The maximum atomic E-state index is 10.5. The number of halogens is 2. The largest absolute Gasteiger partial charge is 0.444 e. The molecule has 1 aliphatic carbocycles. The number of primary amides is 1. The molecule has 1 rings (SSSR count). The summed E-state index contributed by atoms with van der Waals surface area (Å²) in [6, 6.07) is 0. The molecule has 0 aliphatic heterocycles. The van der Waals surface area contributed by atoms with Crippen LogP contribution in [0.5, 0.6) is 0 Å². The standard InChI is InChI=1S/C10H13Cl2NO3/c1-5(16-10(13)15)9(14)7-4-6(11)2-3-8(7)12/h4-5,9,14H,2-3H2,1H3,(H2,13,15)/t5-,9+/m0/s1. The van der Waals surface area contributed by atoms with E-state index in [2.05, 4.69) is 4.74 Å². The highest BCUT2D eigenvalue weighted by atomic mass is 35.5. The molecule has 6 heteroatoms. The third-order valence-corrected chi connectivity index (χ3v) is 2.98. The van der Waals surface area contributed by atoms with E-state index >= 15 is 0 Å². The summed E-state index contributed by atoms with van der Waals surface area (Å²) in [5.41, 5.74) is 5.34. The minimum atomic E-state index is -1.02. The molecule has 0 aromatic carbocycles. The summed E-state index contributed by atoms with van der Waals surface area (Å²) in [7, 11) is 0. The van der Waals surface area contributed by atoms with Gasteiger partial charge in [0.05, 0.1) is 0 Å². The smallest absolute Gasteiger partial charge is 0.404 e. The lowest BCUT2D eigenvalue weighted by atomic mass is 9.99. The predicted octanol–water partition coefficient (Wildman–Crippen LogP) is 2.24. The van der Waals surface area contributed by atoms with Crippen LogP contribution < -0.4 is 5.73 Å². The van der Waals surface area contributed by atoms with Crippen molar-refractivity contribution in [3.05, 3.63) is 21.7 Å². The quantitative estimate of drug-likeness (QED) is 0.822. The average molecular weight is 266 g/mol. The van der Waals surface area contributed by atoms with Crippen LogP contribution in [0.1, 0.15) is 19.8 Å². The Labute approximate surface area is 104 Å². The third kappa shape index (κ3) is 3.40. The highest BCUT2D eigenvalue weighted by Crippen LogP contribution is 2.31. The molecule has 0 unspecified atom stereocenters. The Morgan fingerprint density at radius 3 is 2.75 bits per heavy atom. The van der Waals surface area contributed by atoms with Gasteiger partial charge in [0.15, 0.2) is 0 Å². The van der Waals surface area contributed by atoms with Crippen LogP contribution in [0.2, 0.25) is 0 Å². The molecule has 0 saturated carbocycles. The van der Waals surface area contributed by atoms with Crippen molar-refractivity contribution in [1.82, 2.24) is 0 Å². The molecule has 0 fully saturated rings. The first-order valence-corrected chi connectivity index (χ1v) is 5.56. The molecule has 0 bridgehead atoms. The van der Waals surface area contributed by atoms with Crippen molar-refractivity contribution >= 4 is 29.3 Å². The van der Waals surface area contributed by atoms with Gasteiger partial charge in [0, 0.05) is 10.1 Å². The van der Waals surface area contributed by atoms with Gasteiger partial charge in [0.2, 0.25) is 0 Å². The van der Waals surface area contributed by atoms with Crippen molar-refractivity contribution in [3.8, 4) is 0 Å². The lowest BCUT2D eigenvalue weighted by Gasteiger charge is -2.23. The Balaban J connectivity index is 2.80. The lowest BCUT2D eigenvalue weighted by molar-refractivity contribution is 0.0364. The molecule has 3 N–H and O–H groups in total. The van der Waals surface area contributed by atoms with Crippen LogP contribution in [0.4, 0.5) is 4.79 Å². The lowest BCUT2D eigenvalue weighted by Crippen LogP contribution is -2.32. The van der Waals surface area contributed by atoms with Gasteiger partial charge >= 0.3 is 6.09 Å². The number of hydrogen-bond donors (Lipinski definition) is 2. The van der Waals surface area contributed by atoms with E-state index in [1.807, 2.05) is 0 Å². The Hall–Kier alpha value is -0.710. The monoisotopic (exact) mass is 265 g/mol. The number of amides is 1. The zero-order valence-electron chi connectivity index (χ0n) is 8.74. The van der Waals surface area contributed by atoms with Crippen LogP contribution >= 0.6 is 23.2 Å². The van der Waals surface area contributed by atoms with E-state index < -0.39 is 18.3 Å². The fraction of sp³-hybridized carbons (Fsp3) is 0.500. The number of carbonyl (C=O) groups excluding carboxylic acids is 1. The van der Waals surface area contributed by atoms with Gasteiger partial charge in [-0.1, -0.05) is 23.2 Å². The van der Waals surface area contributed by atoms with Crippen LogP contribution in [0, 0.1) is 0 Å². The summed E-state index contributed by atoms with van der Waals surface area (Å²) in [4.78, 5) is 10.5. The minimum absolute atomic E-state index is 0.478. The molecular weight excluding hydrogens is 253 g/mol. The molecule has 16 heavy (non-hydrogen) atoms.